The lowest BCUT2D eigenvalue weighted by Crippen LogP contribution is -2.26. The van der Waals surface area contributed by atoms with Crippen LogP contribution in [0.4, 0.5) is 17.5 Å². The minimum absolute atomic E-state index is 0.350. The average molecular weight is 379 g/mol. The van der Waals surface area contributed by atoms with E-state index in [1.165, 1.54) is 16.8 Å². The topological polar surface area (TPSA) is 41.1 Å². The predicted molar refractivity (Wildman–Crippen MR) is 112 cm³/mol. The van der Waals surface area contributed by atoms with E-state index in [2.05, 4.69) is 47.5 Å². The molecule has 1 atom stereocenters. The molecule has 2 heterocycles. The molecule has 3 aromatic rings. The van der Waals surface area contributed by atoms with Crippen LogP contribution >= 0.6 is 11.6 Å². The predicted octanol–water partition coefficient (Wildman–Crippen LogP) is 5.18. The number of halogens is 1. The molecule has 5 heteroatoms. The third kappa shape index (κ3) is 3.91. The van der Waals surface area contributed by atoms with Crippen molar-refractivity contribution in [2.75, 3.05) is 16.8 Å². The van der Waals surface area contributed by atoms with Crippen LogP contribution in [0.15, 0.2) is 54.6 Å². The highest BCUT2D eigenvalue weighted by molar-refractivity contribution is 6.30. The smallest absolute Gasteiger partial charge is 0.232 e. The van der Waals surface area contributed by atoms with Gasteiger partial charge in [0.25, 0.3) is 0 Å². The molecule has 4 rings (SSSR count). The molecule has 2 aromatic carbocycles. The molecule has 0 bridgehead atoms. The monoisotopic (exact) mass is 378 g/mol. The fourth-order valence-electron chi connectivity index (χ4n) is 3.65. The number of para-hydroxylation sites is 1. The first-order valence-corrected chi connectivity index (χ1v) is 9.69. The van der Waals surface area contributed by atoms with Gasteiger partial charge in [0.15, 0.2) is 0 Å². The summed E-state index contributed by atoms with van der Waals surface area (Å²) in [5.74, 6) is 1.62. The molecule has 4 nitrogen and oxygen atoms in total. The van der Waals surface area contributed by atoms with Crippen LogP contribution in [0.5, 0.6) is 0 Å². The van der Waals surface area contributed by atoms with Gasteiger partial charge in [0.05, 0.1) is 0 Å². The second kappa shape index (κ2) is 7.57. The number of nitrogens with zero attached hydrogens (tertiary/aromatic N) is 3. The zero-order chi connectivity index (χ0) is 18.8. The van der Waals surface area contributed by atoms with Crippen molar-refractivity contribution in [2.45, 2.75) is 32.7 Å². The maximum Gasteiger partial charge on any atom is 0.232 e. The summed E-state index contributed by atoms with van der Waals surface area (Å²) in [5, 5.41) is 4.21. The third-order valence-corrected chi connectivity index (χ3v) is 5.11. The molecular weight excluding hydrogens is 356 g/mol. The normalized spacial score (nSPS) is 15.7. The Kier molecular flexibility index (Phi) is 4.99. The molecule has 0 fully saturated rings. The second-order valence-electron chi connectivity index (χ2n) is 7.05. The summed E-state index contributed by atoms with van der Waals surface area (Å²) in [6, 6.07) is 18.8. The molecule has 0 spiro atoms. The van der Waals surface area contributed by atoms with Crippen LogP contribution in [0.3, 0.4) is 0 Å². The first-order valence-electron chi connectivity index (χ1n) is 9.31. The minimum atomic E-state index is 0.350. The Balaban J connectivity index is 1.52. The molecule has 138 valence electrons. The van der Waals surface area contributed by atoms with Crippen LogP contribution in [0.25, 0.3) is 0 Å². The molecule has 1 aromatic heterocycles. The van der Waals surface area contributed by atoms with Crippen molar-refractivity contribution in [3.63, 3.8) is 0 Å². The van der Waals surface area contributed by atoms with Crippen molar-refractivity contribution >= 4 is 29.1 Å². The Bertz CT molecular complexity index is 957. The van der Waals surface area contributed by atoms with Gasteiger partial charge in [-0.2, -0.15) is 4.98 Å². The number of fused-ring (bicyclic) bond motifs is 1. The first kappa shape index (κ1) is 17.8. The fraction of sp³-hybridized carbons (Fsp3) is 0.273. The zero-order valence-corrected chi connectivity index (χ0v) is 16.4. The largest absolute Gasteiger partial charge is 0.370 e. The van der Waals surface area contributed by atoms with E-state index < -0.39 is 0 Å². The van der Waals surface area contributed by atoms with E-state index in [0.29, 0.717) is 6.04 Å². The lowest BCUT2D eigenvalue weighted by Gasteiger charge is -2.23. The maximum absolute atomic E-state index is 6.06. The third-order valence-electron chi connectivity index (χ3n) is 4.87. The maximum atomic E-state index is 6.06. The summed E-state index contributed by atoms with van der Waals surface area (Å²) in [4.78, 5) is 11.7. The Labute approximate surface area is 165 Å². The summed E-state index contributed by atoms with van der Waals surface area (Å²) >= 11 is 6.06. The quantitative estimate of drug-likeness (QED) is 0.664. The molecule has 0 amide bonds. The summed E-state index contributed by atoms with van der Waals surface area (Å²) in [6.07, 6.45) is 1.91. The van der Waals surface area contributed by atoms with Gasteiger partial charge in [-0.1, -0.05) is 41.9 Å². The minimum Gasteiger partial charge on any atom is -0.370 e. The number of aryl methyl sites for hydroxylation is 1. The van der Waals surface area contributed by atoms with Crippen molar-refractivity contribution in [2.24, 2.45) is 0 Å². The van der Waals surface area contributed by atoms with Gasteiger partial charge in [0.2, 0.25) is 5.95 Å². The van der Waals surface area contributed by atoms with Crippen LogP contribution in [-0.2, 0) is 12.8 Å². The van der Waals surface area contributed by atoms with Crippen LogP contribution in [0.2, 0.25) is 5.02 Å². The second-order valence-corrected chi connectivity index (χ2v) is 7.49. The standard InChI is InChI=1S/C22H23ClN4/c1-15-12-21(24-11-10-17-6-5-8-19(23)14-17)26-22(25-15)27-16(2)13-18-7-3-4-9-20(18)27/h3-9,12,14,16H,10-11,13H2,1-2H3,(H,24,25,26). The highest BCUT2D eigenvalue weighted by Crippen LogP contribution is 2.36. The Morgan fingerprint density at radius 3 is 2.81 bits per heavy atom. The number of benzene rings is 2. The van der Waals surface area contributed by atoms with E-state index in [9.17, 15) is 0 Å². The van der Waals surface area contributed by atoms with E-state index in [0.717, 1.165) is 41.9 Å². The van der Waals surface area contributed by atoms with Gasteiger partial charge in [0, 0.05) is 35.1 Å². The van der Waals surface area contributed by atoms with Gasteiger partial charge >= 0.3 is 0 Å². The van der Waals surface area contributed by atoms with Gasteiger partial charge < -0.3 is 10.2 Å². The molecule has 0 aliphatic carbocycles. The van der Waals surface area contributed by atoms with Crippen LogP contribution in [0.1, 0.15) is 23.7 Å². The number of hydrogen-bond acceptors (Lipinski definition) is 4. The van der Waals surface area contributed by atoms with Crippen molar-refractivity contribution < 1.29 is 0 Å². The van der Waals surface area contributed by atoms with E-state index in [1.54, 1.807) is 0 Å². The number of anilines is 3. The van der Waals surface area contributed by atoms with Crippen molar-refractivity contribution in [3.05, 3.63) is 76.4 Å². The fourth-order valence-corrected chi connectivity index (χ4v) is 3.86. The highest BCUT2D eigenvalue weighted by Gasteiger charge is 2.28. The molecule has 0 radical (unpaired) electrons. The molecule has 0 saturated heterocycles. The van der Waals surface area contributed by atoms with Gasteiger partial charge in [-0.3, -0.25) is 0 Å². The zero-order valence-electron chi connectivity index (χ0n) is 15.6. The SMILES string of the molecule is Cc1cc(NCCc2cccc(Cl)c2)nc(N2c3ccccc3CC2C)n1. The van der Waals surface area contributed by atoms with Gasteiger partial charge in [-0.25, -0.2) is 4.98 Å². The molecule has 1 aliphatic heterocycles. The van der Waals surface area contributed by atoms with Crippen LogP contribution < -0.4 is 10.2 Å². The highest BCUT2D eigenvalue weighted by atomic mass is 35.5. The summed E-state index contributed by atoms with van der Waals surface area (Å²) in [6.45, 7) is 5.03. The van der Waals surface area contributed by atoms with Crippen LogP contribution in [0, 0.1) is 6.92 Å². The van der Waals surface area contributed by atoms with E-state index >= 15 is 0 Å². The lowest BCUT2D eigenvalue weighted by molar-refractivity contribution is 0.738. The number of rotatable bonds is 5. The van der Waals surface area contributed by atoms with E-state index in [-0.39, 0.29) is 0 Å². The van der Waals surface area contributed by atoms with Crippen LogP contribution in [-0.4, -0.2) is 22.6 Å². The van der Waals surface area contributed by atoms with E-state index in [4.69, 9.17) is 21.6 Å². The Morgan fingerprint density at radius 1 is 1.11 bits per heavy atom. The van der Waals surface area contributed by atoms with Crippen molar-refractivity contribution in [1.82, 2.24) is 9.97 Å². The lowest BCUT2D eigenvalue weighted by atomic mass is 10.1. The van der Waals surface area contributed by atoms with Gasteiger partial charge in [0.1, 0.15) is 5.82 Å². The summed E-state index contributed by atoms with van der Waals surface area (Å²) in [5.41, 5.74) is 4.73. The van der Waals surface area contributed by atoms with Crippen molar-refractivity contribution in [3.8, 4) is 0 Å². The summed E-state index contributed by atoms with van der Waals surface area (Å²) in [7, 11) is 0. The average Bonchev–Trinajstić information content (AvgIpc) is 2.97. The molecule has 1 aliphatic rings. The number of aromatic nitrogens is 2. The van der Waals surface area contributed by atoms with Gasteiger partial charge in [-0.15, -0.1) is 0 Å². The molecule has 1 N–H and O–H groups in total. The summed E-state index contributed by atoms with van der Waals surface area (Å²) < 4.78 is 0. The molecule has 0 saturated carbocycles. The van der Waals surface area contributed by atoms with Crippen molar-refractivity contribution in [1.29, 1.82) is 0 Å². The first-order chi connectivity index (χ1) is 13.1. The molecule has 27 heavy (non-hydrogen) atoms. The molecular formula is C22H23ClN4. The Morgan fingerprint density at radius 2 is 1.96 bits per heavy atom. The number of hydrogen-bond donors (Lipinski definition) is 1. The Hall–Kier alpha value is -2.59. The molecule has 1 unspecified atom stereocenters. The number of nitrogens with one attached hydrogen (secondary N) is 1. The van der Waals surface area contributed by atoms with Gasteiger partial charge in [-0.05, 0) is 56.0 Å². The van der Waals surface area contributed by atoms with E-state index in [1.807, 2.05) is 31.2 Å².